The molecule has 0 atom stereocenters. The van der Waals surface area contributed by atoms with Gasteiger partial charge >= 0.3 is 7.60 Å². The number of hydrogen-bond donors (Lipinski definition) is 3. The SMILES string of the molecule is Cc1c(S(=O)(=O)NCP(=O)(O)O)sc2c(Cl)cc(OCCN=[N+]=[N-])cc12. The predicted molar refractivity (Wildman–Crippen MR) is 98.3 cm³/mol. The number of fused-ring (bicyclic) bond motifs is 1. The molecule has 10 nitrogen and oxygen atoms in total. The molecule has 1 aromatic heterocycles. The molecule has 0 aliphatic heterocycles. The first-order valence-corrected chi connectivity index (χ1v) is 11.4. The number of rotatable bonds is 8. The molecule has 2 rings (SSSR count). The molecule has 3 N–H and O–H groups in total. The lowest BCUT2D eigenvalue weighted by atomic mass is 10.2. The van der Waals surface area contributed by atoms with Gasteiger partial charge in [0.05, 0.1) is 22.9 Å². The van der Waals surface area contributed by atoms with Gasteiger partial charge in [0.1, 0.15) is 16.2 Å². The number of aryl methyl sites for hydroxylation is 1. The van der Waals surface area contributed by atoms with E-state index < -0.39 is 23.9 Å². The van der Waals surface area contributed by atoms with Crippen LogP contribution in [0.25, 0.3) is 20.5 Å². The topological polar surface area (TPSA) is 162 Å². The molecule has 0 spiro atoms. The van der Waals surface area contributed by atoms with Crippen molar-refractivity contribution in [1.82, 2.24) is 4.72 Å². The lowest BCUT2D eigenvalue weighted by molar-refractivity contribution is 0.328. The molecule has 142 valence electrons. The highest BCUT2D eigenvalue weighted by molar-refractivity contribution is 7.92. The lowest BCUT2D eigenvalue weighted by Gasteiger charge is -2.07. The quantitative estimate of drug-likeness (QED) is 0.188. The van der Waals surface area contributed by atoms with Gasteiger partial charge in [-0.1, -0.05) is 16.7 Å². The summed E-state index contributed by atoms with van der Waals surface area (Å²) in [4.78, 5) is 20.3. The van der Waals surface area contributed by atoms with Crippen LogP contribution in [0.1, 0.15) is 5.56 Å². The molecule has 0 aliphatic carbocycles. The summed E-state index contributed by atoms with van der Waals surface area (Å²) in [6, 6.07) is 3.11. The summed E-state index contributed by atoms with van der Waals surface area (Å²) in [5.74, 6) is 0.378. The average Bonchev–Trinajstić information content (AvgIpc) is 2.88. The van der Waals surface area contributed by atoms with E-state index in [1.807, 2.05) is 4.72 Å². The second kappa shape index (κ2) is 8.12. The standard InChI is InChI=1S/C12H14ClN4O6PS2/c1-7-9-4-8(23-3-2-15-17-14)5-10(13)11(9)25-12(7)26(21,22)16-6-24(18,19)20/h4-5,16H,2-3,6H2,1H3,(H2,18,19,20). The highest BCUT2D eigenvalue weighted by Crippen LogP contribution is 2.41. The minimum atomic E-state index is -4.53. The van der Waals surface area contributed by atoms with Gasteiger partial charge in [-0.15, -0.1) is 11.3 Å². The van der Waals surface area contributed by atoms with E-state index in [-0.39, 0.29) is 22.4 Å². The summed E-state index contributed by atoms with van der Waals surface area (Å²) < 4.78 is 43.3. The van der Waals surface area contributed by atoms with E-state index in [4.69, 9.17) is 31.7 Å². The molecule has 0 aliphatic rings. The first kappa shape index (κ1) is 20.9. The van der Waals surface area contributed by atoms with Crippen LogP contribution in [-0.2, 0) is 14.6 Å². The van der Waals surface area contributed by atoms with E-state index in [0.29, 0.717) is 21.4 Å². The van der Waals surface area contributed by atoms with Crippen molar-refractivity contribution in [1.29, 1.82) is 0 Å². The van der Waals surface area contributed by atoms with Gasteiger partial charge < -0.3 is 14.5 Å². The molecule has 0 saturated heterocycles. The van der Waals surface area contributed by atoms with Gasteiger partial charge in [0, 0.05) is 16.4 Å². The van der Waals surface area contributed by atoms with Crippen molar-refractivity contribution < 1.29 is 27.5 Å². The molecule has 2 aromatic rings. The van der Waals surface area contributed by atoms with E-state index in [9.17, 15) is 13.0 Å². The number of ether oxygens (including phenoxy) is 1. The van der Waals surface area contributed by atoms with Gasteiger partial charge in [0.25, 0.3) is 10.0 Å². The molecule has 0 bridgehead atoms. The van der Waals surface area contributed by atoms with Crippen LogP contribution in [0.2, 0.25) is 5.02 Å². The number of thiophene rings is 1. The molecule has 14 heteroatoms. The fourth-order valence-electron chi connectivity index (χ4n) is 2.05. The van der Waals surface area contributed by atoms with E-state index in [1.165, 1.54) is 6.07 Å². The molecule has 0 unspecified atom stereocenters. The van der Waals surface area contributed by atoms with Crippen LogP contribution in [0.5, 0.6) is 5.75 Å². The van der Waals surface area contributed by atoms with Crippen LogP contribution >= 0.6 is 30.5 Å². The lowest BCUT2D eigenvalue weighted by Crippen LogP contribution is -2.24. The fourth-order valence-corrected chi connectivity index (χ4v) is 6.17. The Bertz CT molecular complexity index is 1030. The summed E-state index contributed by atoms with van der Waals surface area (Å²) in [6.07, 6.45) is -0.996. The normalized spacial score (nSPS) is 12.2. The number of hydrogen-bond acceptors (Lipinski definition) is 6. The third-order valence-electron chi connectivity index (χ3n) is 3.15. The van der Waals surface area contributed by atoms with Gasteiger partial charge in [0.15, 0.2) is 0 Å². The fraction of sp³-hybridized carbons (Fsp3) is 0.333. The van der Waals surface area contributed by atoms with Crippen molar-refractivity contribution in [2.45, 2.75) is 11.1 Å². The summed E-state index contributed by atoms with van der Waals surface area (Å²) in [7, 11) is -8.65. The minimum Gasteiger partial charge on any atom is -0.493 e. The molecular weight excluding hydrogens is 427 g/mol. The van der Waals surface area contributed by atoms with Crippen LogP contribution in [0.3, 0.4) is 0 Å². The second-order valence-corrected chi connectivity index (χ2v) is 10.1. The van der Waals surface area contributed by atoms with Crippen LogP contribution < -0.4 is 9.46 Å². The van der Waals surface area contributed by atoms with E-state index in [2.05, 4.69) is 10.0 Å². The van der Waals surface area contributed by atoms with Gasteiger partial charge in [0.2, 0.25) is 0 Å². The number of sulfonamides is 1. The highest BCUT2D eigenvalue weighted by atomic mass is 35.5. The van der Waals surface area contributed by atoms with Gasteiger partial charge in [-0.3, -0.25) is 4.57 Å². The van der Waals surface area contributed by atoms with Crippen molar-refractivity contribution in [2.24, 2.45) is 5.11 Å². The Labute approximate surface area is 157 Å². The van der Waals surface area contributed by atoms with Gasteiger partial charge in [-0.2, -0.15) is 4.72 Å². The highest BCUT2D eigenvalue weighted by Gasteiger charge is 2.26. The van der Waals surface area contributed by atoms with Crippen LogP contribution in [-0.4, -0.2) is 37.6 Å². The first-order chi connectivity index (χ1) is 12.0. The Morgan fingerprint density at radius 3 is 2.77 bits per heavy atom. The third kappa shape index (κ3) is 5.09. The zero-order valence-electron chi connectivity index (χ0n) is 13.3. The zero-order valence-corrected chi connectivity index (χ0v) is 16.6. The van der Waals surface area contributed by atoms with Crippen molar-refractivity contribution in [2.75, 3.05) is 19.4 Å². The van der Waals surface area contributed by atoms with E-state index >= 15 is 0 Å². The molecule has 0 fully saturated rings. The molecule has 1 aromatic carbocycles. The maximum Gasteiger partial charge on any atom is 0.340 e. The van der Waals surface area contributed by atoms with E-state index in [1.54, 1.807) is 13.0 Å². The maximum atomic E-state index is 12.3. The summed E-state index contributed by atoms with van der Waals surface area (Å²) in [5, 5.41) is 4.15. The number of nitrogens with zero attached hydrogens (tertiary/aromatic N) is 3. The number of benzene rings is 1. The Morgan fingerprint density at radius 2 is 2.15 bits per heavy atom. The maximum absolute atomic E-state index is 12.3. The predicted octanol–water partition coefficient (Wildman–Crippen LogP) is 2.97. The Morgan fingerprint density at radius 1 is 1.46 bits per heavy atom. The van der Waals surface area contributed by atoms with Crippen LogP contribution in [0.15, 0.2) is 21.5 Å². The molecule has 1 heterocycles. The van der Waals surface area contributed by atoms with Gasteiger partial charge in [-0.05, 0) is 24.1 Å². The smallest absolute Gasteiger partial charge is 0.340 e. The van der Waals surface area contributed by atoms with Crippen LogP contribution in [0, 0.1) is 6.92 Å². The molecule has 0 saturated carbocycles. The average molecular weight is 441 g/mol. The molecule has 0 radical (unpaired) electrons. The monoisotopic (exact) mass is 440 g/mol. The van der Waals surface area contributed by atoms with Crippen molar-refractivity contribution in [3.8, 4) is 5.75 Å². The number of nitrogens with one attached hydrogen (secondary N) is 1. The summed E-state index contributed by atoms with van der Waals surface area (Å²) in [6.45, 7) is 1.82. The zero-order chi connectivity index (χ0) is 19.5. The van der Waals surface area contributed by atoms with Crippen LogP contribution in [0.4, 0.5) is 0 Å². The van der Waals surface area contributed by atoms with E-state index in [0.717, 1.165) is 11.3 Å². The minimum absolute atomic E-state index is 0.0888. The molecular formula is C12H14ClN4O6PS2. The summed E-state index contributed by atoms with van der Waals surface area (Å²) in [5.41, 5.74) is 8.61. The number of azide groups is 1. The number of halogens is 1. The van der Waals surface area contributed by atoms with Crippen molar-refractivity contribution >= 4 is 50.6 Å². The summed E-state index contributed by atoms with van der Waals surface area (Å²) >= 11 is 7.09. The largest absolute Gasteiger partial charge is 0.493 e. The van der Waals surface area contributed by atoms with Gasteiger partial charge in [-0.25, -0.2) is 8.42 Å². The Kier molecular flexibility index (Phi) is 6.54. The Balaban J connectivity index is 2.38. The Hall–Kier alpha value is -1.36. The van der Waals surface area contributed by atoms with Crippen molar-refractivity contribution in [3.63, 3.8) is 0 Å². The van der Waals surface area contributed by atoms with Crippen molar-refractivity contribution in [3.05, 3.63) is 33.2 Å². The first-order valence-electron chi connectivity index (χ1n) is 6.95. The molecule has 0 amide bonds. The second-order valence-electron chi connectivity index (χ2n) is 5.07. The molecule has 26 heavy (non-hydrogen) atoms. The third-order valence-corrected chi connectivity index (χ3v) is 7.71.